The fourth-order valence-corrected chi connectivity index (χ4v) is 5.29. The van der Waals surface area contributed by atoms with Gasteiger partial charge < -0.3 is 4.90 Å². The SMILES string of the molecule is CC(=O)c1ccc(S(=O)(=O)N2CCC(C(=O)N(C)Cc3ccccc3Cl)CC2)cc1. The summed E-state index contributed by atoms with van der Waals surface area (Å²) >= 11 is 6.18. The van der Waals surface area contributed by atoms with E-state index in [4.69, 9.17) is 11.6 Å². The molecule has 8 heteroatoms. The average Bonchev–Trinajstić information content (AvgIpc) is 2.75. The number of halogens is 1. The van der Waals surface area contributed by atoms with Crippen LogP contribution in [0.1, 0.15) is 35.7 Å². The number of piperidine rings is 1. The number of nitrogens with zero attached hydrogens (tertiary/aromatic N) is 2. The summed E-state index contributed by atoms with van der Waals surface area (Å²) in [6.07, 6.45) is 0.937. The highest BCUT2D eigenvalue weighted by molar-refractivity contribution is 7.89. The number of amides is 1. The van der Waals surface area contributed by atoms with Gasteiger partial charge in [0.25, 0.3) is 0 Å². The van der Waals surface area contributed by atoms with Crippen LogP contribution in [0.3, 0.4) is 0 Å². The van der Waals surface area contributed by atoms with Crippen LogP contribution in [0.15, 0.2) is 53.4 Å². The molecule has 1 aliphatic heterocycles. The van der Waals surface area contributed by atoms with Crippen molar-refractivity contribution in [3.05, 3.63) is 64.7 Å². The van der Waals surface area contributed by atoms with Gasteiger partial charge in [0.15, 0.2) is 5.78 Å². The number of hydrogen-bond acceptors (Lipinski definition) is 4. The van der Waals surface area contributed by atoms with E-state index in [1.807, 2.05) is 18.2 Å². The van der Waals surface area contributed by atoms with Gasteiger partial charge in [-0.25, -0.2) is 8.42 Å². The maximum atomic E-state index is 12.9. The molecular weight excluding hydrogens is 424 g/mol. The molecule has 0 atom stereocenters. The number of benzene rings is 2. The van der Waals surface area contributed by atoms with Crippen molar-refractivity contribution in [2.45, 2.75) is 31.2 Å². The maximum absolute atomic E-state index is 12.9. The van der Waals surface area contributed by atoms with Gasteiger partial charge in [0.1, 0.15) is 0 Å². The van der Waals surface area contributed by atoms with Gasteiger partial charge in [-0.2, -0.15) is 4.31 Å². The Morgan fingerprint density at radius 3 is 2.23 bits per heavy atom. The molecule has 1 aliphatic rings. The molecule has 1 heterocycles. The van der Waals surface area contributed by atoms with Crippen molar-refractivity contribution in [3.8, 4) is 0 Å². The quantitative estimate of drug-likeness (QED) is 0.633. The second-order valence-corrected chi connectivity index (χ2v) is 9.89. The molecule has 6 nitrogen and oxygen atoms in total. The molecule has 1 saturated heterocycles. The largest absolute Gasteiger partial charge is 0.341 e. The second-order valence-electron chi connectivity index (χ2n) is 7.54. The van der Waals surface area contributed by atoms with Crippen LogP contribution in [0.25, 0.3) is 0 Å². The molecule has 0 saturated carbocycles. The lowest BCUT2D eigenvalue weighted by atomic mass is 9.96. The summed E-state index contributed by atoms with van der Waals surface area (Å²) in [6, 6.07) is 13.4. The van der Waals surface area contributed by atoms with Crippen LogP contribution in [-0.2, 0) is 21.4 Å². The van der Waals surface area contributed by atoms with Crippen LogP contribution in [0, 0.1) is 5.92 Å². The Morgan fingerprint density at radius 1 is 1.07 bits per heavy atom. The predicted octanol–water partition coefficient (Wildman–Crippen LogP) is 3.60. The lowest BCUT2D eigenvalue weighted by Crippen LogP contribution is -2.43. The third kappa shape index (κ3) is 4.91. The van der Waals surface area contributed by atoms with Gasteiger partial charge >= 0.3 is 0 Å². The van der Waals surface area contributed by atoms with Crippen LogP contribution in [0.5, 0.6) is 0 Å². The van der Waals surface area contributed by atoms with E-state index in [1.165, 1.54) is 35.5 Å². The van der Waals surface area contributed by atoms with E-state index in [9.17, 15) is 18.0 Å². The van der Waals surface area contributed by atoms with Crippen molar-refractivity contribution in [2.24, 2.45) is 5.92 Å². The van der Waals surface area contributed by atoms with Crippen LogP contribution in [0.2, 0.25) is 5.02 Å². The Kier molecular flexibility index (Phi) is 6.95. The van der Waals surface area contributed by atoms with E-state index in [2.05, 4.69) is 0 Å². The zero-order valence-corrected chi connectivity index (χ0v) is 18.6. The molecule has 0 radical (unpaired) electrons. The summed E-state index contributed by atoms with van der Waals surface area (Å²) in [5, 5.41) is 0.619. The standard InChI is InChI=1S/C22H25ClN2O4S/c1-16(26)17-7-9-20(10-8-17)30(28,29)25-13-11-18(12-14-25)22(27)24(2)15-19-5-3-4-6-21(19)23/h3-10,18H,11-15H2,1-2H3. The van der Waals surface area contributed by atoms with E-state index in [-0.39, 0.29) is 35.6 Å². The zero-order valence-electron chi connectivity index (χ0n) is 17.0. The Bertz CT molecular complexity index is 1030. The Hall–Kier alpha value is -2.22. The molecule has 30 heavy (non-hydrogen) atoms. The normalized spacial score (nSPS) is 15.7. The zero-order chi connectivity index (χ0) is 21.9. The summed E-state index contributed by atoms with van der Waals surface area (Å²) in [5.41, 5.74) is 1.35. The minimum atomic E-state index is -3.65. The average molecular weight is 449 g/mol. The first kappa shape index (κ1) is 22.5. The first-order valence-corrected chi connectivity index (χ1v) is 11.6. The Morgan fingerprint density at radius 2 is 1.67 bits per heavy atom. The first-order chi connectivity index (χ1) is 14.2. The summed E-state index contributed by atoms with van der Waals surface area (Å²) in [5.74, 6) is -0.332. The predicted molar refractivity (Wildman–Crippen MR) is 116 cm³/mol. The number of ketones is 1. The topological polar surface area (TPSA) is 74.8 Å². The molecule has 0 spiro atoms. The molecule has 2 aromatic rings. The molecule has 2 aromatic carbocycles. The molecule has 0 bridgehead atoms. The van der Waals surface area contributed by atoms with Crippen molar-refractivity contribution in [3.63, 3.8) is 0 Å². The minimum Gasteiger partial charge on any atom is -0.341 e. The molecule has 160 valence electrons. The monoisotopic (exact) mass is 448 g/mol. The van der Waals surface area contributed by atoms with Crippen molar-refractivity contribution >= 4 is 33.3 Å². The fourth-order valence-electron chi connectivity index (χ4n) is 3.63. The van der Waals surface area contributed by atoms with E-state index in [1.54, 1.807) is 18.0 Å². The first-order valence-electron chi connectivity index (χ1n) is 9.79. The van der Waals surface area contributed by atoms with E-state index in [0.29, 0.717) is 30.0 Å². The van der Waals surface area contributed by atoms with E-state index >= 15 is 0 Å². The van der Waals surface area contributed by atoms with Crippen LogP contribution >= 0.6 is 11.6 Å². The summed E-state index contributed by atoms with van der Waals surface area (Å²) in [7, 11) is -1.91. The van der Waals surface area contributed by atoms with Crippen molar-refractivity contribution in [2.75, 3.05) is 20.1 Å². The van der Waals surface area contributed by atoms with Crippen LogP contribution in [-0.4, -0.2) is 49.5 Å². The second kappa shape index (κ2) is 9.29. The number of Topliss-reactive ketones (excluding diaryl/α,β-unsaturated/α-hetero) is 1. The highest BCUT2D eigenvalue weighted by Crippen LogP contribution is 2.26. The number of sulfonamides is 1. The molecule has 0 aromatic heterocycles. The van der Waals surface area contributed by atoms with Crippen LogP contribution < -0.4 is 0 Å². The van der Waals surface area contributed by atoms with Crippen LogP contribution in [0.4, 0.5) is 0 Å². The summed E-state index contributed by atoms with van der Waals surface area (Å²) < 4.78 is 27.2. The van der Waals surface area contributed by atoms with Gasteiger partial charge in [-0.15, -0.1) is 0 Å². The lowest BCUT2D eigenvalue weighted by Gasteiger charge is -2.32. The molecule has 1 fully saturated rings. The molecular formula is C22H25ClN2O4S. The Balaban J connectivity index is 1.61. The molecule has 3 rings (SSSR count). The van der Waals surface area contributed by atoms with Gasteiger partial charge in [-0.05, 0) is 43.5 Å². The lowest BCUT2D eigenvalue weighted by molar-refractivity contribution is -0.135. The van der Waals surface area contributed by atoms with Crippen molar-refractivity contribution < 1.29 is 18.0 Å². The highest BCUT2D eigenvalue weighted by Gasteiger charge is 2.33. The number of carbonyl (C=O) groups excluding carboxylic acids is 2. The van der Waals surface area contributed by atoms with E-state index in [0.717, 1.165) is 5.56 Å². The number of carbonyl (C=O) groups is 2. The van der Waals surface area contributed by atoms with Gasteiger partial charge in [-0.3, -0.25) is 9.59 Å². The molecule has 0 N–H and O–H groups in total. The molecule has 0 aliphatic carbocycles. The number of hydrogen-bond donors (Lipinski definition) is 0. The fraction of sp³-hybridized carbons (Fsp3) is 0.364. The van der Waals surface area contributed by atoms with Gasteiger partial charge in [-0.1, -0.05) is 41.9 Å². The van der Waals surface area contributed by atoms with Crippen molar-refractivity contribution in [1.82, 2.24) is 9.21 Å². The maximum Gasteiger partial charge on any atom is 0.243 e. The van der Waals surface area contributed by atoms with Crippen molar-refractivity contribution in [1.29, 1.82) is 0 Å². The van der Waals surface area contributed by atoms with Gasteiger partial charge in [0.2, 0.25) is 15.9 Å². The molecule has 0 unspecified atom stereocenters. The Labute approximate surface area is 182 Å². The highest BCUT2D eigenvalue weighted by atomic mass is 35.5. The third-order valence-electron chi connectivity index (χ3n) is 5.44. The van der Waals surface area contributed by atoms with Gasteiger partial charge in [0.05, 0.1) is 4.90 Å². The summed E-state index contributed by atoms with van der Waals surface area (Å²) in [4.78, 5) is 26.0. The summed E-state index contributed by atoms with van der Waals surface area (Å²) in [6.45, 7) is 2.42. The smallest absolute Gasteiger partial charge is 0.243 e. The van der Waals surface area contributed by atoms with E-state index < -0.39 is 10.0 Å². The number of rotatable bonds is 6. The van der Waals surface area contributed by atoms with Gasteiger partial charge in [0, 0.05) is 43.2 Å². The minimum absolute atomic E-state index is 0.00206. The third-order valence-corrected chi connectivity index (χ3v) is 7.72. The molecule has 1 amide bonds.